The van der Waals surface area contributed by atoms with Gasteiger partial charge in [0.15, 0.2) is 0 Å². The molecular weight excluding hydrogens is 370 g/mol. The lowest BCUT2D eigenvalue weighted by molar-refractivity contribution is -0.169. The Labute approximate surface area is 174 Å². The van der Waals surface area contributed by atoms with Crippen molar-refractivity contribution in [1.29, 1.82) is 0 Å². The highest BCUT2D eigenvalue weighted by atomic mass is 32.2. The monoisotopic (exact) mass is 405 g/mol. The molecule has 2 saturated heterocycles. The van der Waals surface area contributed by atoms with Crippen LogP contribution in [0, 0.1) is 17.3 Å². The van der Waals surface area contributed by atoms with Crippen molar-refractivity contribution in [2.24, 2.45) is 17.3 Å². The van der Waals surface area contributed by atoms with Crippen LogP contribution < -0.4 is 0 Å². The number of benzene rings is 1. The molecule has 0 saturated carbocycles. The van der Waals surface area contributed by atoms with E-state index in [1.54, 1.807) is 0 Å². The fourth-order valence-corrected chi connectivity index (χ4v) is 6.08. The molecule has 3 rings (SSSR count). The van der Waals surface area contributed by atoms with Gasteiger partial charge < -0.3 is 4.74 Å². The first-order valence-corrected chi connectivity index (χ1v) is 11.7. The van der Waals surface area contributed by atoms with E-state index in [1.807, 2.05) is 25.6 Å². The van der Waals surface area contributed by atoms with E-state index in [0.29, 0.717) is 24.0 Å². The molecule has 1 aromatic rings. The molecule has 2 fully saturated rings. The number of hydrogen-bond donors (Lipinski definition) is 1. The van der Waals surface area contributed by atoms with E-state index in [-0.39, 0.29) is 5.91 Å². The lowest BCUT2D eigenvalue weighted by Crippen LogP contribution is -2.36. The first-order chi connectivity index (χ1) is 13.4. The standard InChI is InChI=1S/C23H35NO3S/c1-23(2,22(25)24(3)26)15-9-5-8-12-18-19(21-14-13-20(18)27-21)16-28-17-10-6-4-7-11-17/h4,6-7,10-11,18-21,26H,5,8-9,12-16H2,1-3H3/t18-,19+,20-,21+/m0/s1. The number of hydroxylamine groups is 2. The van der Waals surface area contributed by atoms with E-state index in [4.69, 9.17) is 4.74 Å². The zero-order chi connectivity index (χ0) is 20.1. The van der Waals surface area contributed by atoms with E-state index in [1.165, 1.54) is 37.6 Å². The predicted molar refractivity (Wildman–Crippen MR) is 113 cm³/mol. The molecule has 28 heavy (non-hydrogen) atoms. The average molecular weight is 406 g/mol. The third kappa shape index (κ3) is 5.31. The molecule has 1 aromatic carbocycles. The van der Waals surface area contributed by atoms with Gasteiger partial charge in [0, 0.05) is 23.1 Å². The van der Waals surface area contributed by atoms with Crippen LogP contribution in [-0.2, 0) is 9.53 Å². The Hall–Kier alpha value is -1.04. The summed E-state index contributed by atoms with van der Waals surface area (Å²) in [6.07, 6.45) is 8.79. The summed E-state index contributed by atoms with van der Waals surface area (Å²) in [4.78, 5) is 13.4. The number of carbonyl (C=O) groups is 1. The molecule has 2 aliphatic heterocycles. The zero-order valence-electron chi connectivity index (χ0n) is 17.5. The van der Waals surface area contributed by atoms with Gasteiger partial charge in [0.2, 0.25) is 0 Å². The summed E-state index contributed by atoms with van der Waals surface area (Å²) in [7, 11) is 1.41. The maximum Gasteiger partial charge on any atom is 0.251 e. The fraction of sp³-hybridized carbons (Fsp3) is 0.696. The minimum atomic E-state index is -0.492. The summed E-state index contributed by atoms with van der Waals surface area (Å²) >= 11 is 1.97. The molecule has 5 heteroatoms. The maximum absolute atomic E-state index is 12.0. The Bertz CT molecular complexity index is 634. The number of unbranched alkanes of at least 4 members (excludes halogenated alkanes) is 2. The van der Waals surface area contributed by atoms with Crippen molar-refractivity contribution in [3.8, 4) is 0 Å². The first kappa shape index (κ1) is 21.7. The number of nitrogens with zero attached hydrogens (tertiary/aromatic N) is 1. The van der Waals surface area contributed by atoms with Crippen LogP contribution >= 0.6 is 11.8 Å². The second-order valence-corrected chi connectivity index (χ2v) is 10.1. The number of rotatable bonds is 10. The molecular formula is C23H35NO3S. The first-order valence-electron chi connectivity index (χ1n) is 10.7. The number of ether oxygens (including phenoxy) is 1. The highest BCUT2D eigenvalue weighted by Crippen LogP contribution is 2.47. The lowest BCUT2D eigenvalue weighted by Gasteiger charge is -2.28. The van der Waals surface area contributed by atoms with Crippen LogP contribution in [0.3, 0.4) is 0 Å². The van der Waals surface area contributed by atoms with Crippen LogP contribution in [0.5, 0.6) is 0 Å². The largest absolute Gasteiger partial charge is 0.374 e. The highest BCUT2D eigenvalue weighted by molar-refractivity contribution is 7.99. The third-order valence-electron chi connectivity index (χ3n) is 6.49. The minimum Gasteiger partial charge on any atom is -0.374 e. The molecule has 2 heterocycles. The predicted octanol–water partition coefficient (Wildman–Crippen LogP) is 5.40. The summed E-state index contributed by atoms with van der Waals surface area (Å²) in [6, 6.07) is 10.7. The number of amides is 1. The minimum absolute atomic E-state index is 0.202. The molecule has 2 bridgehead atoms. The van der Waals surface area contributed by atoms with Crippen LogP contribution in [0.15, 0.2) is 35.2 Å². The molecule has 1 N–H and O–H groups in total. The summed E-state index contributed by atoms with van der Waals surface area (Å²) in [5, 5.41) is 10.1. The van der Waals surface area contributed by atoms with Crippen molar-refractivity contribution in [1.82, 2.24) is 5.06 Å². The Balaban J connectivity index is 1.42. The van der Waals surface area contributed by atoms with Crippen LogP contribution in [0.1, 0.15) is 58.8 Å². The molecule has 1 amide bonds. The van der Waals surface area contributed by atoms with Crippen molar-refractivity contribution >= 4 is 17.7 Å². The van der Waals surface area contributed by atoms with Gasteiger partial charge in [-0.25, -0.2) is 5.06 Å². The Morgan fingerprint density at radius 2 is 1.82 bits per heavy atom. The quantitative estimate of drug-likeness (QED) is 0.245. The molecule has 0 aromatic heterocycles. The van der Waals surface area contributed by atoms with Gasteiger partial charge in [-0.15, -0.1) is 11.8 Å². The van der Waals surface area contributed by atoms with E-state index in [2.05, 4.69) is 30.3 Å². The SMILES string of the molecule is CN(O)C(=O)C(C)(C)CCCCC[C@H]1[C@@H](CSc2ccccc2)[C@H]2CC[C@@H]1O2. The smallest absolute Gasteiger partial charge is 0.251 e. The average Bonchev–Trinajstić information content (AvgIpc) is 3.28. The van der Waals surface area contributed by atoms with Crippen LogP contribution in [0.4, 0.5) is 0 Å². The van der Waals surface area contributed by atoms with Crippen molar-refractivity contribution in [2.45, 2.75) is 75.9 Å². The van der Waals surface area contributed by atoms with Crippen molar-refractivity contribution in [3.05, 3.63) is 30.3 Å². The van der Waals surface area contributed by atoms with Crippen molar-refractivity contribution in [3.63, 3.8) is 0 Å². The van der Waals surface area contributed by atoms with Gasteiger partial charge in [-0.1, -0.05) is 51.3 Å². The lowest BCUT2D eigenvalue weighted by atomic mass is 9.77. The van der Waals surface area contributed by atoms with Crippen LogP contribution in [0.25, 0.3) is 0 Å². The van der Waals surface area contributed by atoms with Gasteiger partial charge in [-0.2, -0.15) is 0 Å². The van der Waals surface area contributed by atoms with E-state index < -0.39 is 5.41 Å². The summed E-state index contributed by atoms with van der Waals surface area (Å²) < 4.78 is 6.26. The number of thioether (sulfide) groups is 1. The maximum atomic E-state index is 12.0. The molecule has 4 atom stereocenters. The van der Waals surface area contributed by atoms with Crippen LogP contribution in [0.2, 0.25) is 0 Å². The Morgan fingerprint density at radius 3 is 2.50 bits per heavy atom. The van der Waals surface area contributed by atoms with Gasteiger partial charge in [0.1, 0.15) is 0 Å². The summed E-state index contributed by atoms with van der Waals surface area (Å²) in [5.74, 6) is 2.31. The molecule has 4 nitrogen and oxygen atoms in total. The Morgan fingerprint density at radius 1 is 1.14 bits per heavy atom. The van der Waals surface area contributed by atoms with Gasteiger partial charge in [-0.05, 0) is 49.7 Å². The fourth-order valence-electron chi connectivity index (χ4n) is 4.88. The number of hydrogen-bond acceptors (Lipinski definition) is 4. The molecule has 0 spiro atoms. The molecule has 0 radical (unpaired) electrons. The van der Waals surface area contributed by atoms with E-state index in [9.17, 15) is 10.0 Å². The van der Waals surface area contributed by atoms with Crippen molar-refractivity contribution in [2.75, 3.05) is 12.8 Å². The van der Waals surface area contributed by atoms with Gasteiger partial charge in [0.05, 0.1) is 12.2 Å². The van der Waals surface area contributed by atoms with Gasteiger partial charge in [-0.3, -0.25) is 10.0 Å². The van der Waals surface area contributed by atoms with Gasteiger partial charge >= 0.3 is 0 Å². The number of fused-ring (bicyclic) bond motifs is 2. The van der Waals surface area contributed by atoms with E-state index >= 15 is 0 Å². The normalized spacial score (nSPS) is 26.6. The Kier molecular flexibility index (Phi) is 7.46. The zero-order valence-corrected chi connectivity index (χ0v) is 18.3. The highest BCUT2D eigenvalue weighted by Gasteiger charge is 2.48. The molecule has 156 valence electrons. The summed E-state index contributed by atoms with van der Waals surface area (Å²) in [5.41, 5.74) is -0.492. The topological polar surface area (TPSA) is 49.8 Å². The van der Waals surface area contributed by atoms with Crippen molar-refractivity contribution < 1.29 is 14.7 Å². The van der Waals surface area contributed by atoms with E-state index in [0.717, 1.165) is 30.1 Å². The molecule has 0 unspecified atom stereocenters. The summed E-state index contributed by atoms with van der Waals surface area (Å²) in [6.45, 7) is 3.84. The molecule has 2 aliphatic rings. The second kappa shape index (κ2) is 9.64. The number of carbonyl (C=O) groups excluding carboxylic acids is 1. The third-order valence-corrected chi connectivity index (χ3v) is 7.65. The second-order valence-electron chi connectivity index (χ2n) is 9.05. The van der Waals surface area contributed by atoms with Gasteiger partial charge in [0.25, 0.3) is 5.91 Å². The molecule has 0 aliphatic carbocycles. The van der Waals surface area contributed by atoms with Crippen LogP contribution in [-0.4, -0.2) is 41.2 Å².